The molecule has 1 aliphatic carbocycles. The molecule has 5 nitrogen and oxygen atoms in total. The summed E-state index contributed by atoms with van der Waals surface area (Å²) in [4.78, 5) is 11.0. The second-order valence-corrected chi connectivity index (χ2v) is 3.96. The van der Waals surface area contributed by atoms with E-state index in [1.54, 1.807) is 5.38 Å². The summed E-state index contributed by atoms with van der Waals surface area (Å²) in [5.74, 6) is -0.845. The summed E-state index contributed by atoms with van der Waals surface area (Å²) in [6, 6.07) is -0.0159. The summed E-state index contributed by atoms with van der Waals surface area (Å²) < 4.78 is 3.67. The first kappa shape index (κ1) is 8.58. The van der Waals surface area contributed by atoms with Gasteiger partial charge in [-0.2, -0.15) is 0 Å². The van der Waals surface area contributed by atoms with Crippen LogP contribution >= 0.6 is 11.5 Å². The van der Waals surface area contributed by atoms with Gasteiger partial charge in [-0.1, -0.05) is 4.49 Å². The maximum absolute atomic E-state index is 11.0. The smallest absolute Gasteiger partial charge is 0.315 e. The van der Waals surface area contributed by atoms with E-state index in [-0.39, 0.29) is 6.04 Å². The van der Waals surface area contributed by atoms with Gasteiger partial charge in [-0.05, 0) is 24.4 Å². The standard InChI is InChI=1S/C7H9N3O2S/c8-4-1-7(2-4,6(11)12)5-3-13-10-9-5/h3-4H,1-2,8H2,(H,11,12). The molecule has 1 aromatic heterocycles. The number of nitrogens with zero attached hydrogens (tertiary/aromatic N) is 2. The Balaban J connectivity index is 2.31. The number of hydrogen-bond donors (Lipinski definition) is 2. The van der Waals surface area contributed by atoms with Crippen LogP contribution in [0.2, 0.25) is 0 Å². The molecule has 70 valence electrons. The van der Waals surface area contributed by atoms with Gasteiger partial charge in [0, 0.05) is 11.4 Å². The largest absolute Gasteiger partial charge is 0.481 e. The first-order valence-electron chi connectivity index (χ1n) is 3.92. The monoisotopic (exact) mass is 199 g/mol. The quantitative estimate of drug-likeness (QED) is 0.698. The van der Waals surface area contributed by atoms with Crippen molar-refractivity contribution in [3.8, 4) is 0 Å². The Labute approximate surface area is 78.7 Å². The summed E-state index contributed by atoms with van der Waals surface area (Å²) in [6.07, 6.45) is 0.932. The third-order valence-corrected chi connectivity index (χ3v) is 2.99. The van der Waals surface area contributed by atoms with Crippen molar-refractivity contribution >= 4 is 17.5 Å². The van der Waals surface area contributed by atoms with Gasteiger partial charge in [0.05, 0.1) is 5.69 Å². The lowest BCUT2D eigenvalue weighted by molar-refractivity contribution is -0.148. The Kier molecular flexibility index (Phi) is 1.81. The maximum Gasteiger partial charge on any atom is 0.315 e. The molecule has 0 aliphatic heterocycles. The first-order valence-corrected chi connectivity index (χ1v) is 4.75. The fourth-order valence-electron chi connectivity index (χ4n) is 1.70. The van der Waals surface area contributed by atoms with Gasteiger partial charge in [0.15, 0.2) is 0 Å². The molecule has 0 bridgehead atoms. The number of carboxylic acid groups (broad SMARTS) is 1. The van der Waals surface area contributed by atoms with Crippen molar-refractivity contribution in [3.63, 3.8) is 0 Å². The third-order valence-electron chi connectivity index (χ3n) is 2.48. The molecule has 6 heteroatoms. The Bertz CT molecular complexity index is 318. The number of aromatic nitrogens is 2. The number of carbonyl (C=O) groups is 1. The number of rotatable bonds is 2. The highest BCUT2D eigenvalue weighted by Gasteiger charge is 2.52. The minimum absolute atomic E-state index is 0.0159. The molecular weight excluding hydrogens is 190 g/mol. The van der Waals surface area contributed by atoms with Crippen LogP contribution in [0.5, 0.6) is 0 Å². The Morgan fingerprint density at radius 3 is 2.85 bits per heavy atom. The van der Waals surface area contributed by atoms with Crippen LogP contribution in [0.25, 0.3) is 0 Å². The van der Waals surface area contributed by atoms with Crippen LogP contribution in [0.3, 0.4) is 0 Å². The zero-order valence-corrected chi connectivity index (χ0v) is 7.62. The van der Waals surface area contributed by atoms with E-state index in [1.165, 1.54) is 11.5 Å². The number of carboxylic acids is 1. The summed E-state index contributed by atoms with van der Waals surface area (Å²) >= 11 is 1.17. The van der Waals surface area contributed by atoms with E-state index in [1.807, 2.05) is 0 Å². The van der Waals surface area contributed by atoms with Gasteiger partial charge >= 0.3 is 5.97 Å². The van der Waals surface area contributed by atoms with Gasteiger partial charge < -0.3 is 10.8 Å². The lowest BCUT2D eigenvalue weighted by Crippen LogP contribution is -2.54. The highest BCUT2D eigenvalue weighted by atomic mass is 32.1. The van der Waals surface area contributed by atoms with E-state index >= 15 is 0 Å². The molecule has 1 heterocycles. The van der Waals surface area contributed by atoms with Crippen molar-refractivity contribution in [1.82, 2.24) is 9.59 Å². The van der Waals surface area contributed by atoms with E-state index in [0.29, 0.717) is 18.5 Å². The molecule has 1 aromatic rings. The van der Waals surface area contributed by atoms with Crippen LogP contribution in [0.4, 0.5) is 0 Å². The normalized spacial score (nSPS) is 32.5. The van der Waals surface area contributed by atoms with Gasteiger partial charge in [-0.25, -0.2) is 0 Å². The van der Waals surface area contributed by atoms with Crippen LogP contribution in [0.1, 0.15) is 18.5 Å². The highest BCUT2D eigenvalue weighted by molar-refractivity contribution is 7.03. The predicted octanol–water partition coefficient (Wildman–Crippen LogP) is -0.0184. The summed E-state index contributed by atoms with van der Waals surface area (Å²) in [7, 11) is 0. The number of aliphatic carboxylic acids is 1. The first-order chi connectivity index (χ1) is 6.15. The van der Waals surface area contributed by atoms with E-state index in [2.05, 4.69) is 9.59 Å². The van der Waals surface area contributed by atoms with Crippen LogP contribution in [0.15, 0.2) is 5.38 Å². The molecule has 0 amide bonds. The lowest BCUT2D eigenvalue weighted by Gasteiger charge is -2.40. The zero-order chi connectivity index (χ0) is 9.47. The van der Waals surface area contributed by atoms with Gasteiger partial charge in [0.1, 0.15) is 5.41 Å². The van der Waals surface area contributed by atoms with Crippen LogP contribution < -0.4 is 5.73 Å². The van der Waals surface area contributed by atoms with Gasteiger partial charge in [-0.15, -0.1) is 5.10 Å². The maximum atomic E-state index is 11.0. The van der Waals surface area contributed by atoms with Crippen LogP contribution in [-0.4, -0.2) is 26.7 Å². The minimum atomic E-state index is -0.855. The molecule has 1 saturated carbocycles. The van der Waals surface area contributed by atoms with E-state index in [4.69, 9.17) is 10.8 Å². The van der Waals surface area contributed by atoms with Crippen molar-refractivity contribution in [3.05, 3.63) is 11.1 Å². The summed E-state index contributed by atoms with van der Waals surface area (Å²) in [6.45, 7) is 0. The van der Waals surface area contributed by atoms with Gasteiger partial charge in [0.25, 0.3) is 0 Å². The van der Waals surface area contributed by atoms with Crippen molar-refractivity contribution in [2.24, 2.45) is 5.73 Å². The molecule has 1 fully saturated rings. The third kappa shape index (κ3) is 1.13. The molecule has 1 aliphatic rings. The molecule has 0 saturated heterocycles. The van der Waals surface area contributed by atoms with Crippen LogP contribution in [0, 0.1) is 0 Å². The molecule has 13 heavy (non-hydrogen) atoms. The van der Waals surface area contributed by atoms with E-state index in [0.717, 1.165) is 0 Å². The fraction of sp³-hybridized carbons (Fsp3) is 0.571. The predicted molar refractivity (Wildman–Crippen MR) is 46.4 cm³/mol. The van der Waals surface area contributed by atoms with Gasteiger partial charge in [-0.3, -0.25) is 4.79 Å². The molecular formula is C7H9N3O2S. The molecule has 2 rings (SSSR count). The second-order valence-electron chi connectivity index (χ2n) is 3.35. The molecule has 0 unspecified atom stereocenters. The zero-order valence-electron chi connectivity index (χ0n) is 6.80. The Morgan fingerprint density at radius 2 is 2.46 bits per heavy atom. The average Bonchev–Trinajstić information content (AvgIpc) is 2.49. The SMILES string of the molecule is NC1CC(C(=O)O)(c2csnn2)C1. The molecule has 0 radical (unpaired) electrons. The lowest BCUT2D eigenvalue weighted by atomic mass is 9.64. The van der Waals surface area contributed by atoms with Crippen molar-refractivity contribution in [2.45, 2.75) is 24.3 Å². The van der Waals surface area contributed by atoms with Crippen molar-refractivity contribution in [1.29, 1.82) is 0 Å². The number of hydrogen-bond acceptors (Lipinski definition) is 5. The number of nitrogens with two attached hydrogens (primary N) is 1. The Morgan fingerprint density at radius 1 is 1.77 bits per heavy atom. The average molecular weight is 199 g/mol. The van der Waals surface area contributed by atoms with E-state index < -0.39 is 11.4 Å². The topological polar surface area (TPSA) is 89.1 Å². The molecule has 3 N–H and O–H groups in total. The molecule has 0 atom stereocenters. The van der Waals surface area contributed by atoms with Crippen molar-refractivity contribution < 1.29 is 9.90 Å². The summed E-state index contributed by atoms with van der Waals surface area (Å²) in [5.41, 5.74) is 5.28. The summed E-state index contributed by atoms with van der Waals surface area (Å²) in [5, 5.41) is 14.5. The molecule has 0 aromatic carbocycles. The van der Waals surface area contributed by atoms with Crippen LogP contribution in [-0.2, 0) is 10.2 Å². The van der Waals surface area contributed by atoms with Crippen molar-refractivity contribution in [2.75, 3.05) is 0 Å². The van der Waals surface area contributed by atoms with E-state index in [9.17, 15) is 4.79 Å². The minimum Gasteiger partial charge on any atom is -0.481 e. The highest BCUT2D eigenvalue weighted by Crippen LogP contribution is 2.42. The fourth-order valence-corrected chi connectivity index (χ4v) is 2.26. The molecule has 0 spiro atoms. The van der Waals surface area contributed by atoms with Gasteiger partial charge in [0.2, 0.25) is 0 Å². The Hall–Kier alpha value is -1.01. The second kappa shape index (κ2) is 2.74.